The van der Waals surface area contributed by atoms with Gasteiger partial charge in [-0.25, -0.2) is 0 Å². The Kier molecular flexibility index (Phi) is 233. The molecule has 0 aromatic rings. The predicted octanol–water partition coefficient (Wildman–Crippen LogP) is -2.60. The Morgan fingerprint density at radius 1 is 1.00 bits per heavy atom. The Morgan fingerprint density at radius 3 is 1.00 bits per heavy atom. The Morgan fingerprint density at radius 2 is 1.00 bits per heavy atom. The smallest absolute Gasteiger partial charge is 0 e. The summed E-state index contributed by atoms with van der Waals surface area (Å²) < 4.78 is 0. The topological polar surface area (TPSA) is 0 Å². The third kappa shape index (κ3) is 22.9. The molecule has 0 spiro atoms. The fourth-order valence-electron chi connectivity index (χ4n) is 0. The van der Waals surface area contributed by atoms with Crippen LogP contribution in [0.3, 0.4) is 0 Å². The second-order valence-electron chi connectivity index (χ2n) is 0. The molecular weight excluding hydrogens is 436 g/mol. The van der Waals surface area contributed by atoms with Gasteiger partial charge in [0.1, 0.15) is 0 Å². The number of hydrogen-bond donors (Lipinski definition) is 0. The maximum Gasteiger partial charge on any atom is 0 e. The summed E-state index contributed by atoms with van der Waals surface area (Å²) in [6.07, 6.45) is 0. The summed E-state index contributed by atoms with van der Waals surface area (Å²) in [7, 11) is 0. The van der Waals surface area contributed by atoms with Crippen molar-refractivity contribution in [2.45, 2.75) is 0 Å². The first-order valence-corrected chi connectivity index (χ1v) is 0. The van der Waals surface area contributed by atoms with Gasteiger partial charge in [0, 0.05) is 61.8 Å². The minimum absolute atomic E-state index is 0. The van der Waals surface area contributed by atoms with Crippen LogP contribution < -0.4 is 0 Å². The molecule has 0 heterocycles. The third-order valence-corrected chi connectivity index (χ3v) is 0. The van der Waals surface area contributed by atoms with Crippen molar-refractivity contribution in [3.8, 4) is 0 Å². The van der Waals surface area contributed by atoms with Crippen LogP contribution in [0.4, 0.5) is 4.70 Å². The van der Waals surface area contributed by atoms with Gasteiger partial charge in [-0.1, -0.05) is 0 Å². The van der Waals surface area contributed by atoms with E-state index < -0.39 is 0 Å². The van der Waals surface area contributed by atoms with Crippen molar-refractivity contribution in [1.29, 1.82) is 0 Å². The summed E-state index contributed by atoms with van der Waals surface area (Å²) in [6.45, 7) is 0. The Hall–Kier alpha value is 5.11. The Balaban J connectivity index is 0. The molecule has 0 aliphatic carbocycles. The summed E-state index contributed by atoms with van der Waals surface area (Å²) >= 11 is 0. The summed E-state index contributed by atoms with van der Waals surface area (Å²) in [5.74, 6) is 0. The standard InChI is InChI=1S/Al.Ba.FH.La.Na.Zr.6H/h;;1H;;;;;;;;;. The zero-order chi connectivity index (χ0) is 0. The van der Waals surface area contributed by atoms with E-state index in [1.807, 2.05) is 0 Å². The van der Waals surface area contributed by atoms with Crippen molar-refractivity contribution >= 4 is 95.8 Å². The normalized spacial score (nSPS) is 0. The van der Waals surface area contributed by atoms with Crippen molar-refractivity contribution in [2.75, 3.05) is 0 Å². The van der Waals surface area contributed by atoms with Gasteiger partial charge in [-0.15, -0.1) is 0 Å². The Bertz CT molecular complexity index is 15.5. The van der Waals surface area contributed by atoms with Gasteiger partial charge < -0.3 is 0 Å². The van der Waals surface area contributed by atoms with Crippen LogP contribution in [-0.2, 0) is 26.2 Å². The second-order valence-corrected chi connectivity index (χ2v) is 0. The molecule has 0 unspecified atom stereocenters. The van der Waals surface area contributed by atoms with E-state index in [9.17, 15) is 0 Å². The van der Waals surface area contributed by atoms with E-state index in [1.165, 1.54) is 0 Å². The summed E-state index contributed by atoms with van der Waals surface area (Å²) in [5, 5.41) is 0. The van der Waals surface area contributed by atoms with Crippen LogP contribution in [0.25, 0.3) is 0 Å². The largest absolute Gasteiger partial charge is 0 e. The molecule has 6 heavy (non-hydrogen) atoms. The van der Waals surface area contributed by atoms with Gasteiger partial charge >= 0.3 is 78.4 Å². The van der Waals surface area contributed by atoms with Crippen molar-refractivity contribution in [3.05, 3.63) is 0 Å². The molecule has 0 aliphatic heterocycles. The van der Waals surface area contributed by atoms with Gasteiger partial charge in [0.05, 0.1) is 0 Å². The molecule has 0 fully saturated rings. The monoisotopic (exact) mass is 443 g/mol. The molecule has 0 atom stereocenters. The van der Waals surface area contributed by atoms with E-state index in [-0.39, 0.29) is 162 Å². The fourth-order valence-corrected chi connectivity index (χ4v) is 0. The van der Waals surface area contributed by atoms with Crippen LogP contribution in [0.1, 0.15) is 0 Å². The summed E-state index contributed by atoms with van der Waals surface area (Å²) in [6, 6.07) is 0. The third-order valence-electron chi connectivity index (χ3n) is 0. The molecule has 0 aromatic heterocycles. The van der Waals surface area contributed by atoms with Crippen LogP contribution in [-0.4, -0.2) is 95.8 Å². The SMILES string of the molecule is F.[AlH3].[BaH2].[La].[NaH].[Zr]. The first kappa shape index (κ1) is 43.5. The molecule has 0 amide bonds. The van der Waals surface area contributed by atoms with Gasteiger partial charge in [-0.3, -0.25) is 4.70 Å². The van der Waals surface area contributed by atoms with Gasteiger partial charge in [-0.2, -0.15) is 0 Å². The maximum atomic E-state index is 0. The van der Waals surface area contributed by atoms with Crippen LogP contribution in [0, 0.1) is 35.6 Å². The maximum absolute atomic E-state index is 0. The average molecular weight is 443 g/mol. The molecule has 0 nitrogen and oxygen atoms in total. The molecule has 27 valence electrons. The van der Waals surface area contributed by atoms with Crippen LogP contribution in [0.2, 0.25) is 0 Å². The minimum atomic E-state index is 0. The van der Waals surface area contributed by atoms with E-state index >= 15 is 0 Å². The second kappa shape index (κ2) is 32.1. The zero-order valence-corrected chi connectivity index (χ0v) is 7.57. The van der Waals surface area contributed by atoms with E-state index in [0.717, 1.165) is 0 Å². The summed E-state index contributed by atoms with van der Waals surface area (Å²) in [4.78, 5) is 0. The molecule has 1 radical (unpaired) electrons. The van der Waals surface area contributed by atoms with Crippen molar-refractivity contribution < 1.29 is 66.5 Å². The van der Waals surface area contributed by atoms with Gasteiger partial charge in [-0.05, 0) is 0 Å². The van der Waals surface area contributed by atoms with E-state index in [4.69, 9.17) is 0 Å². The molecule has 0 aromatic carbocycles. The molecule has 0 N–H and O–H groups in total. The quantitative estimate of drug-likeness (QED) is 0.361. The van der Waals surface area contributed by atoms with Crippen LogP contribution in [0.15, 0.2) is 0 Å². The van der Waals surface area contributed by atoms with Crippen molar-refractivity contribution in [3.63, 3.8) is 0 Å². The van der Waals surface area contributed by atoms with Crippen molar-refractivity contribution in [2.24, 2.45) is 0 Å². The zero-order valence-electron chi connectivity index (χ0n) is 1.49. The predicted molar refractivity (Wildman–Crippen MR) is 28.1 cm³/mol. The minimum Gasteiger partial charge on any atom is 0 e. The first-order chi connectivity index (χ1) is 0. The molecule has 0 rings (SSSR count). The molecule has 0 bridgehead atoms. The molecule has 0 saturated heterocycles. The fraction of sp³-hybridized carbons (Fsp3) is 0. The van der Waals surface area contributed by atoms with Gasteiger partial charge in [0.15, 0.2) is 17.4 Å². The van der Waals surface area contributed by atoms with Crippen LogP contribution in [0.5, 0.6) is 0 Å². The molecule has 0 aliphatic rings. The first-order valence-electron chi connectivity index (χ1n) is 0. The number of hydrogen-bond acceptors (Lipinski definition) is 0. The van der Waals surface area contributed by atoms with E-state index in [1.54, 1.807) is 0 Å². The molecule has 6 heteroatoms. The Labute approximate surface area is 157 Å². The average Bonchev–Trinajstić information content (AvgIpc) is 0. The van der Waals surface area contributed by atoms with Gasteiger partial charge in [0.25, 0.3) is 0 Å². The number of halogens is 1. The van der Waals surface area contributed by atoms with Crippen molar-refractivity contribution in [1.82, 2.24) is 0 Å². The van der Waals surface area contributed by atoms with Crippen LogP contribution >= 0.6 is 0 Å². The van der Waals surface area contributed by atoms with E-state index in [0.29, 0.717) is 0 Å². The number of rotatable bonds is 0. The summed E-state index contributed by atoms with van der Waals surface area (Å²) in [5.41, 5.74) is 0. The van der Waals surface area contributed by atoms with E-state index in [2.05, 4.69) is 0 Å². The molecule has 0 saturated carbocycles. The molecular formula is H7AlBaFLaNaZr. The van der Waals surface area contributed by atoms with Gasteiger partial charge in [0.2, 0.25) is 0 Å².